The molecule has 23 heavy (non-hydrogen) atoms. The molecule has 0 N–H and O–H groups in total. The predicted molar refractivity (Wildman–Crippen MR) is 95.6 cm³/mol. The maximum atomic E-state index is 13.4. The van der Waals surface area contributed by atoms with Crippen molar-refractivity contribution in [3.8, 4) is 5.75 Å². The first kappa shape index (κ1) is 13.0. The van der Waals surface area contributed by atoms with Crippen LogP contribution in [0.3, 0.4) is 0 Å². The Balaban J connectivity index is 1.67. The van der Waals surface area contributed by atoms with Gasteiger partial charge in [0.1, 0.15) is 12.4 Å². The van der Waals surface area contributed by atoms with Gasteiger partial charge >= 0.3 is 0 Å². The van der Waals surface area contributed by atoms with E-state index in [4.69, 9.17) is 4.74 Å². The Kier molecular flexibility index (Phi) is 2.36. The van der Waals surface area contributed by atoms with Gasteiger partial charge in [0.2, 0.25) is 5.91 Å². The molecular formula is C17H13NO2S3. The fourth-order valence-corrected chi connectivity index (χ4v) is 7.91. The van der Waals surface area contributed by atoms with Gasteiger partial charge in [0, 0.05) is 11.9 Å². The van der Waals surface area contributed by atoms with Crippen LogP contribution in [0.15, 0.2) is 16.8 Å². The molecule has 6 heteroatoms. The highest BCUT2D eigenvalue weighted by molar-refractivity contribution is 7.38. The largest absolute Gasteiger partial charge is 0.490 e. The summed E-state index contributed by atoms with van der Waals surface area (Å²) >= 11 is 5.26. The maximum Gasteiger partial charge on any atom is 0.247 e. The summed E-state index contributed by atoms with van der Waals surface area (Å²) in [6, 6.07) is 2.12. The van der Waals surface area contributed by atoms with Gasteiger partial charge in [-0.15, -0.1) is 34.0 Å². The van der Waals surface area contributed by atoms with Crippen molar-refractivity contribution >= 4 is 55.0 Å². The van der Waals surface area contributed by atoms with Gasteiger partial charge in [0.05, 0.1) is 19.5 Å². The smallest absolute Gasteiger partial charge is 0.247 e. The molecule has 0 aromatic carbocycles. The number of amides is 1. The van der Waals surface area contributed by atoms with E-state index in [9.17, 15) is 4.79 Å². The average molecular weight is 359 g/mol. The van der Waals surface area contributed by atoms with Gasteiger partial charge < -0.3 is 9.64 Å². The van der Waals surface area contributed by atoms with E-state index in [1.165, 1.54) is 31.9 Å². The highest BCUT2D eigenvalue weighted by Gasteiger charge is 2.60. The van der Waals surface area contributed by atoms with Gasteiger partial charge in [-0.2, -0.15) is 0 Å². The molecule has 0 radical (unpaired) electrons. The first-order chi connectivity index (χ1) is 11.3. The summed E-state index contributed by atoms with van der Waals surface area (Å²) in [5.74, 6) is 1.20. The third-order valence-electron chi connectivity index (χ3n) is 5.28. The van der Waals surface area contributed by atoms with Crippen molar-refractivity contribution in [3.63, 3.8) is 0 Å². The second kappa shape index (κ2) is 4.18. The Hall–Kier alpha value is -1.37. The van der Waals surface area contributed by atoms with E-state index in [0.717, 1.165) is 30.0 Å². The van der Waals surface area contributed by atoms with Crippen LogP contribution in [0.1, 0.15) is 28.2 Å². The standard InChI is InChI=1S/C17H13NO2S3/c19-16-17(8-20-12-10-4-6-21-15(10)23-14(12)17)13-11-9(7-22-13)3-1-2-5-18(11)16/h4,6-7H,1-3,5,8H2. The molecule has 6 rings (SSSR count). The number of hydrogen-bond acceptors (Lipinski definition) is 5. The SMILES string of the molecule is O=C1N2CCCCc3csc(c32)C12COc1c2sc2sccc12. The Morgan fingerprint density at radius 3 is 3.13 bits per heavy atom. The molecule has 1 unspecified atom stereocenters. The minimum atomic E-state index is -0.561. The van der Waals surface area contributed by atoms with E-state index in [1.54, 1.807) is 34.0 Å². The van der Waals surface area contributed by atoms with Crippen molar-refractivity contribution in [1.82, 2.24) is 0 Å². The second-order valence-corrected chi connectivity index (χ2v) is 9.50. The van der Waals surface area contributed by atoms with E-state index in [2.05, 4.69) is 21.7 Å². The Bertz CT molecular complexity index is 981. The molecule has 0 fully saturated rings. The molecule has 1 amide bonds. The van der Waals surface area contributed by atoms with Crippen molar-refractivity contribution in [2.24, 2.45) is 0 Å². The van der Waals surface area contributed by atoms with Crippen LogP contribution >= 0.6 is 34.0 Å². The average Bonchev–Trinajstić information content (AvgIpc) is 3.28. The second-order valence-electron chi connectivity index (χ2n) is 6.43. The molecule has 3 aromatic heterocycles. The predicted octanol–water partition coefficient (Wildman–Crippen LogP) is 4.39. The first-order valence-electron chi connectivity index (χ1n) is 7.87. The third kappa shape index (κ3) is 1.36. The number of fused-ring (bicyclic) bond motifs is 5. The molecule has 0 aliphatic carbocycles. The number of anilines is 1. The van der Waals surface area contributed by atoms with Crippen molar-refractivity contribution in [2.45, 2.75) is 24.7 Å². The Labute approximate surface area is 145 Å². The van der Waals surface area contributed by atoms with Gasteiger partial charge in [-0.1, -0.05) is 0 Å². The van der Waals surface area contributed by atoms with Crippen molar-refractivity contribution in [2.75, 3.05) is 18.1 Å². The number of rotatable bonds is 0. The van der Waals surface area contributed by atoms with E-state index < -0.39 is 5.41 Å². The van der Waals surface area contributed by atoms with Gasteiger partial charge in [0.25, 0.3) is 0 Å². The molecule has 3 nitrogen and oxygen atoms in total. The van der Waals surface area contributed by atoms with E-state index in [-0.39, 0.29) is 5.91 Å². The zero-order valence-electron chi connectivity index (χ0n) is 12.3. The summed E-state index contributed by atoms with van der Waals surface area (Å²) in [7, 11) is 0. The highest BCUT2D eigenvalue weighted by Crippen LogP contribution is 2.60. The minimum Gasteiger partial charge on any atom is -0.490 e. The molecule has 0 saturated carbocycles. The fraction of sp³-hybridized carbons (Fsp3) is 0.353. The monoisotopic (exact) mass is 359 g/mol. The lowest BCUT2D eigenvalue weighted by molar-refractivity contribution is -0.122. The Morgan fingerprint density at radius 2 is 2.17 bits per heavy atom. The van der Waals surface area contributed by atoms with Crippen molar-refractivity contribution in [1.29, 1.82) is 0 Å². The number of ether oxygens (including phenoxy) is 1. The third-order valence-corrected chi connectivity index (χ3v) is 8.85. The molecule has 0 bridgehead atoms. The van der Waals surface area contributed by atoms with Crippen LogP contribution in [0.5, 0.6) is 5.75 Å². The number of aryl methyl sites for hydroxylation is 1. The van der Waals surface area contributed by atoms with Crippen LogP contribution in [-0.2, 0) is 16.6 Å². The number of carbonyl (C=O) groups is 1. The van der Waals surface area contributed by atoms with Crippen molar-refractivity contribution < 1.29 is 9.53 Å². The molecule has 1 spiro atoms. The molecule has 3 aromatic rings. The molecule has 116 valence electrons. The molecule has 1 atom stereocenters. The summed E-state index contributed by atoms with van der Waals surface area (Å²) in [4.78, 5) is 17.9. The van der Waals surface area contributed by atoms with E-state index in [1.807, 2.05) is 0 Å². The highest BCUT2D eigenvalue weighted by atomic mass is 32.2. The molecule has 6 heterocycles. The van der Waals surface area contributed by atoms with E-state index in [0.29, 0.717) is 6.61 Å². The van der Waals surface area contributed by atoms with Gasteiger partial charge in [-0.3, -0.25) is 4.79 Å². The van der Waals surface area contributed by atoms with Crippen LogP contribution in [0, 0.1) is 0 Å². The quantitative estimate of drug-likeness (QED) is 0.596. The van der Waals surface area contributed by atoms with Crippen LogP contribution in [-0.4, -0.2) is 19.1 Å². The summed E-state index contributed by atoms with van der Waals surface area (Å²) < 4.78 is 7.37. The van der Waals surface area contributed by atoms with E-state index >= 15 is 0 Å². The summed E-state index contributed by atoms with van der Waals surface area (Å²) in [5.41, 5.74) is 2.01. The molecule has 3 aliphatic heterocycles. The zero-order valence-corrected chi connectivity index (χ0v) is 14.7. The van der Waals surface area contributed by atoms with Crippen molar-refractivity contribution in [3.05, 3.63) is 32.1 Å². The summed E-state index contributed by atoms with van der Waals surface area (Å²) in [5, 5.41) is 5.56. The lowest BCUT2D eigenvalue weighted by Gasteiger charge is -2.21. The lowest BCUT2D eigenvalue weighted by atomic mass is 9.87. The maximum absolute atomic E-state index is 13.4. The topological polar surface area (TPSA) is 29.5 Å². The molecular weight excluding hydrogens is 346 g/mol. The number of carbonyl (C=O) groups excluding carboxylic acids is 1. The van der Waals surface area contributed by atoms with Gasteiger partial charge in [0.15, 0.2) is 5.41 Å². The lowest BCUT2D eigenvalue weighted by Crippen LogP contribution is -2.42. The zero-order chi connectivity index (χ0) is 15.2. The van der Waals surface area contributed by atoms with Crippen LogP contribution < -0.4 is 9.64 Å². The normalized spacial score (nSPS) is 25.0. The van der Waals surface area contributed by atoms with Gasteiger partial charge in [-0.05, 0) is 41.7 Å². The van der Waals surface area contributed by atoms with Crippen LogP contribution in [0.4, 0.5) is 5.69 Å². The minimum absolute atomic E-state index is 0.246. The molecule has 3 aliphatic rings. The summed E-state index contributed by atoms with van der Waals surface area (Å²) in [6.45, 7) is 1.33. The van der Waals surface area contributed by atoms with Crippen LogP contribution in [0.25, 0.3) is 9.40 Å². The number of thiophene rings is 3. The Morgan fingerprint density at radius 1 is 1.22 bits per heavy atom. The molecule has 0 saturated heterocycles. The first-order valence-corrected chi connectivity index (χ1v) is 10.4. The number of nitrogens with zero attached hydrogens (tertiary/aromatic N) is 1. The van der Waals surface area contributed by atoms with Gasteiger partial charge in [-0.25, -0.2) is 0 Å². The number of hydrogen-bond donors (Lipinski definition) is 0. The summed E-state index contributed by atoms with van der Waals surface area (Å²) in [6.07, 6.45) is 3.36. The van der Waals surface area contributed by atoms with Crippen LogP contribution in [0.2, 0.25) is 0 Å². The fourth-order valence-electron chi connectivity index (χ4n) is 4.19.